The van der Waals surface area contributed by atoms with Crippen LogP contribution >= 0.6 is 11.3 Å². The minimum Gasteiger partial charge on any atom is -0.490 e. The van der Waals surface area contributed by atoms with Crippen molar-refractivity contribution in [2.75, 3.05) is 13.2 Å². The van der Waals surface area contributed by atoms with Gasteiger partial charge in [0.25, 0.3) is 0 Å². The molecule has 5 nitrogen and oxygen atoms in total. The summed E-state index contributed by atoms with van der Waals surface area (Å²) in [6.45, 7) is 0.821. The second kappa shape index (κ2) is 6.86. The molecule has 0 unspecified atom stereocenters. The van der Waals surface area contributed by atoms with Crippen molar-refractivity contribution < 1.29 is 14.3 Å². The van der Waals surface area contributed by atoms with Gasteiger partial charge in [-0.1, -0.05) is 18.2 Å². The molecule has 1 heterocycles. The van der Waals surface area contributed by atoms with Crippen LogP contribution in [-0.4, -0.2) is 24.2 Å². The van der Waals surface area contributed by atoms with Crippen LogP contribution in [-0.2, 0) is 11.3 Å². The molecular weight excluding hydrogens is 264 g/mol. The lowest BCUT2D eigenvalue weighted by atomic mass is 10.3. The second-order valence-electron chi connectivity index (χ2n) is 3.63. The van der Waals surface area contributed by atoms with Crippen LogP contribution in [0.15, 0.2) is 35.7 Å². The SMILES string of the molecule is NCc1nc(C(=O)OCCOc2ccccc2)cs1. The van der Waals surface area contributed by atoms with Gasteiger partial charge in [0.05, 0.1) is 0 Å². The average molecular weight is 278 g/mol. The highest BCUT2D eigenvalue weighted by atomic mass is 32.1. The summed E-state index contributed by atoms with van der Waals surface area (Å²) in [7, 11) is 0. The Kier molecular flexibility index (Phi) is 4.88. The highest BCUT2D eigenvalue weighted by Crippen LogP contribution is 2.10. The van der Waals surface area contributed by atoms with Crippen molar-refractivity contribution in [2.45, 2.75) is 6.54 Å². The molecule has 6 heteroatoms. The molecule has 2 aromatic rings. The summed E-state index contributed by atoms with van der Waals surface area (Å²) in [5.74, 6) is 0.297. The van der Waals surface area contributed by atoms with Gasteiger partial charge in [0, 0.05) is 11.9 Å². The van der Waals surface area contributed by atoms with Crippen molar-refractivity contribution in [3.05, 3.63) is 46.4 Å². The number of para-hydroxylation sites is 1. The molecule has 100 valence electrons. The van der Waals surface area contributed by atoms with Crippen molar-refractivity contribution >= 4 is 17.3 Å². The molecule has 0 aliphatic carbocycles. The van der Waals surface area contributed by atoms with E-state index < -0.39 is 5.97 Å². The standard InChI is InChI=1S/C13H14N2O3S/c14-8-12-15-11(9-19-12)13(16)18-7-6-17-10-4-2-1-3-5-10/h1-5,9H,6-8,14H2. The molecule has 0 saturated carbocycles. The first-order valence-electron chi connectivity index (χ1n) is 5.79. The Labute approximate surface area is 115 Å². The summed E-state index contributed by atoms with van der Waals surface area (Å²) in [6.07, 6.45) is 0. The maximum absolute atomic E-state index is 11.6. The maximum Gasteiger partial charge on any atom is 0.357 e. The molecule has 1 aromatic heterocycles. The molecule has 0 spiro atoms. The number of hydrogen-bond acceptors (Lipinski definition) is 6. The van der Waals surface area contributed by atoms with Gasteiger partial charge in [0.2, 0.25) is 0 Å². The molecule has 19 heavy (non-hydrogen) atoms. The zero-order chi connectivity index (χ0) is 13.5. The number of aromatic nitrogens is 1. The van der Waals surface area contributed by atoms with Crippen molar-refractivity contribution in [3.8, 4) is 5.75 Å². The minimum atomic E-state index is -0.451. The van der Waals surface area contributed by atoms with Crippen molar-refractivity contribution in [1.82, 2.24) is 4.98 Å². The number of benzene rings is 1. The first-order chi connectivity index (χ1) is 9.29. The van der Waals surface area contributed by atoms with Crippen LogP contribution in [0.1, 0.15) is 15.5 Å². The lowest BCUT2D eigenvalue weighted by molar-refractivity contribution is 0.0444. The van der Waals surface area contributed by atoms with Gasteiger partial charge in [0.15, 0.2) is 5.69 Å². The topological polar surface area (TPSA) is 74.4 Å². The second-order valence-corrected chi connectivity index (χ2v) is 4.57. The number of thiazole rings is 1. The Morgan fingerprint density at radius 3 is 2.74 bits per heavy atom. The number of rotatable bonds is 6. The fraction of sp³-hybridized carbons (Fsp3) is 0.231. The summed E-state index contributed by atoms with van der Waals surface area (Å²) < 4.78 is 10.5. The number of esters is 1. The summed E-state index contributed by atoms with van der Waals surface area (Å²) in [4.78, 5) is 15.7. The Bertz CT molecular complexity index is 528. The van der Waals surface area contributed by atoms with Gasteiger partial charge in [0.1, 0.15) is 24.0 Å². The number of nitrogens with zero attached hydrogens (tertiary/aromatic N) is 1. The molecule has 0 amide bonds. The Morgan fingerprint density at radius 2 is 2.05 bits per heavy atom. The smallest absolute Gasteiger partial charge is 0.357 e. The molecule has 0 radical (unpaired) electrons. The Hall–Kier alpha value is -1.92. The van der Waals surface area contributed by atoms with E-state index in [1.807, 2.05) is 30.3 Å². The molecule has 2 N–H and O–H groups in total. The van der Waals surface area contributed by atoms with Crippen LogP contribution in [0.2, 0.25) is 0 Å². The first-order valence-corrected chi connectivity index (χ1v) is 6.67. The van der Waals surface area contributed by atoms with E-state index in [4.69, 9.17) is 15.2 Å². The lowest BCUT2D eigenvalue weighted by Crippen LogP contribution is -2.12. The largest absolute Gasteiger partial charge is 0.490 e. The first kappa shape index (κ1) is 13.5. The van der Waals surface area contributed by atoms with E-state index in [1.54, 1.807) is 5.38 Å². The van der Waals surface area contributed by atoms with Gasteiger partial charge >= 0.3 is 5.97 Å². The third-order valence-corrected chi connectivity index (χ3v) is 3.14. The van der Waals surface area contributed by atoms with E-state index >= 15 is 0 Å². The quantitative estimate of drug-likeness (QED) is 0.644. The third kappa shape index (κ3) is 4.04. The third-order valence-electron chi connectivity index (χ3n) is 2.26. The number of ether oxygens (including phenoxy) is 2. The maximum atomic E-state index is 11.6. The van der Waals surface area contributed by atoms with Crippen LogP contribution in [0, 0.1) is 0 Å². The average Bonchev–Trinajstić information content (AvgIpc) is 2.93. The molecule has 0 atom stereocenters. The molecular formula is C13H14N2O3S. The van der Waals surface area contributed by atoms with Gasteiger partial charge in [-0.15, -0.1) is 11.3 Å². The summed E-state index contributed by atoms with van der Waals surface area (Å²) in [6, 6.07) is 9.35. The molecule has 0 aliphatic rings. The fourth-order valence-electron chi connectivity index (χ4n) is 1.38. The number of carbonyl (C=O) groups excluding carboxylic acids is 1. The highest BCUT2D eigenvalue weighted by molar-refractivity contribution is 7.09. The molecule has 1 aromatic carbocycles. The predicted molar refractivity (Wildman–Crippen MR) is 72.2 cm³/mol. The van der Waals surface area contributed by atoms with E-state index in [0.717, 1.165) is 5.75 Å². The highest BCUT2D eigenvalue weighted by Gasteiger charge is 2.11. The van der Waals surface area contributed by atoms with Gasteiger partial charge < -0.3 is 15.2 Å². The molecule has 2 rings (SSSR count). The zero-order valence-electron chi connectivity index (χ0n) is 10.2. The number of nitrogens with two attached hydrogens (primary N) is 1. The summed E-state index contributed by atoms with van der Waals surface area (Å²) in [5.41, 5.74) is 5.72. The van der Waals surface area contributed by atoms with Crippen LogP contribution in [0.4, 0.5) is 0 Å². The van der Waals surface area contributed by atoms with E-state index in [-0.39, 0.29) is 6.61 Å². The van der Waals surface area contributed by atoms with Crippen molar-refractivity contribution in [2.24, 2.45) is 5.73 Å². The molecule has 0 fully saturated rings. The number of hydrogen-bond donors (Lipinski definition) is 1. The van der Waals surface area contributed by atoms with Crippen molar-refractivity contribution in [1.29, 1.82) is 0 Å². The predicted octanol–water partition coefficient (Wildman–Crippen LogP) is 1.84. The summed E-state index contributed by atoms with van der Waals surface area (Å²) >= 11 is 1.35. The van der Waals surface area contributed by atoms with Gasteiger partial charge in [-0.05, 0) is 12.1 Å². The van der Waals surface area contributed by atoms with E-state index in [0.29, 0.717) is 23.9 Å². The zero-order valence-corrected chi connectivity index (χ0v) is 11.1. The molecule has 0 aliphatic heterocycles. The van der Waals surface area contributed by atoms with Crippen LogP contribution in [0.25, 0.3) is 0 Å². The monoisotopic (exact) mass is 278 g/mol. The van der Waals surface area contributed by atoms with Crippen LogP contribution in [0.5, 0.6) is 5.75 Å². The van der Waals surface area contributed by atoms with Crippen molar-refractivity contribution in [3.63, 3.8) is 0 Å². The Balaban J connectivity index is 1.72. The normalized spacial score (nSPS) is 10.2. The fourth-order valence-corrected chi connectivity index (χ4v) is 2.03. The summed E-state index contributed by atoms with van der Waals surface area (Å²) in [5, 5.41) is 2.36. The van der Waals surface area contributed by atoms with E-state index in [9.17, 15) is 4.79 Å². The Morgan fingerprint density at radius 1 is 1.26 bits per heavy atom. The van der Waals surface area contributed by atoms with Crippen LogP contribution < -0.4 is 10.5 Å². The minimum absolute atomic E-state index is 0.184. The molecule has 0 saturated heterocycles. The van der Waals surface area contributed by atoms with Gasteiger partial charge in [-0.2, -0.15) is 0 Å². The van der Waals surface area contributed by atoms with Gasteiger partial charge in [-0.3, -0.25) is 0 Å². The molecule has 0 bridgehead atoms. The number of carbonyl (C=O) groups is 1. The van der Waals surface area contributed by atoms with Gasteiger partial charge in [-0.25, -0.2) is 9.78 Å². The van der Waals surface area contributed by atoms with Crippen LogP contribution in [0.3, 0.4) is 0 Å². The lowest BCUT2D eigenvalue weighted by Gasteiger charge is -2.06. The van der Waals surface area contributed by atoms with E-state index in [1.165, 1.54) is 11.3 Å². The van der Waals surface area contributed by atoms with E-state index in [2.05, 4.69) is 4.98 Å².